The van der Waals surface area contributed by atoms with E-state index in [0.717, 1.165) is 22.6 Å². The second-order valence-corrected chi connectivity index (χ2v) is 5.62. The van der Waals surface area contributed by atoms with Gasteiger partial charge in [-0.25, -0.2) is 0 Å². The van der Waals surface area contributed by atoms with Crippen LogP contribution in [-0.2, 0) is 9.47 Å². The minimum atomic E-state index is -0.253. The molecule has 1 saturated heterocycles. The van der Waals surface area contributed by atoms with E-state index in [9.17, 15) is 4.79 Å². The monoisotopic (exact) mass is 268 g/mol. The zero-order valence-electron chi connectivity index (χ0n) is 10.8. The molecule has 0 radical (unpaired) electrons. The predicted octanol–water partition coefficient (Wildman–Crippen LogP) is 3.95. The van der Waals surface area contributed by atoms with Gasteiger partial charge in [0.25, 0.3) is 0 Å². The van der Waals surface area contributed by atoms with Crippen LogP contribution in [0, 0.1) is 0 Å². The van der Waals surface area contributed by atoms with Gasteiger partial charge < -0.3 is 9.47 Å². The van der Waals surface area contributed by atoms with Crippen LogP contribution in [0.3, 0.4) is 0 Å². The zero-order valence-corrected chi connectivity index (χ0v) is 11.6. The summed E-state index contributed by atoms with van der Waals surface area (Å²) in [5.41, 5.74) is 0. The fourth-order valence-corrected chi connectivity index (χ4v) is 2.96. The van der Waals surface area contributed by atoms with Gasteiger partial charge in [0.2, 0.25) is 0 Å². The van der Waals surface area contributed by atoms with E-state index in [-0.39, 0.29) is 12.1 Å². The third-order valence-electron chi connectivity index (χ3n) is 3.01. The van der Waals surface area contributed by atoms with Crippen molar-refractivity contribution in [3.8, 4) is 0 Å². The van der Waals surface area contributed by atoms with Crippen LogP contribution in [0.2, 0.25) is 0 Å². The van der Waals surface area contributed by atoms with Gasteiger partial charge in [0.1, 0.15) is 0 Å². The Morgan fingerprint density at radius 1 is 1.28 bits per heavy atom. The molecule has 0 bridgehead atoms. The fraction of sp³-hybridized carbons (Fsp3) is 0.643. The molecule has 18 heavy (non-hydrogen) atoms. The van der Waals surface area contributed by atoms with Gasteiger partial charge >= 0.3 is 0 Å². The van der Waals surface area contributed by atoms with Crippen LogP contribution in [0.5, 0.6) is 0 Å². The molecule has 0 saturated carbocycles. The molecule has 2 rings (SSSR count). The lowest BCUT2D eigenvalue weighted by Gasteiger charge is -2.04. The lowest BCUT2D eigenvalue weighted by Crippen LogP contribution is -1.96. The smallest absolute Gasteiger partial charge is 0.193 e. The molecule has 0 atom stereocenters. The van der Waals surface area contributed by atoms with Gasteiger partial charge in [-0.1, -0.05) is 26.2 Å². The van der Waals surface area contributed by atoms with Crippen molar-refractivity contribution in [2.45, 2.75) is 45.3 Å². The van der Waals surface area contributed by atoms with Crippen LogP contribution < -0.4 is 0 Å². The van der Waals surface area contributed by atoms with E-state index >= 15 is 0 Å². The number of carbonyl (C=O) groups is 1. The average Bonchev–Trinajstić information content (AvgIpc) is 3.03. The minimum absolute atomic E-state index is 0.250. The highest BCUT2D eigenvalue weighted by Crippen LogP contribution is 2.30. The molecule has 0 N–H and O–H groups in total. The summed E-state index contributed by atoms with van der Waals surface area (Å²) in [6.45, 7) is 3.46. The van der Waals surface area contributed by atoms with Gasteiger partial charge in [0.15, 0.2) is 12.1 Å². The van der Waals surface area contributed by atoms with Crippen molar-refractivity contribution in [1.29, 1.82) is 0 Å². The van der Waals surface area contributed by atoms with Crippen molar-refractivity contribution in [2.24, 2.45) is 0 Å². The van der Waals surface area contributed by atoms with Crippen LogP contribution in [-0.4, -0.2) is 19.0 Å². The van der Waals surface area contributed by atoms with Crippen molar-refractivity contribution in [2.75, 3.05) is 13.2 Å². The number of hydrogen-bond donors (Lipinski definition) is 0. The molecule has 1 aliphatic rings. The topological polar surface area (TPSA) is 35.5 Å². The summed E-state index contributed by atoms with van der Waals surface area (Å²) < 4.78 is 10.8. The summed E-state index contributed by atoms with van der Waals surface area (Å²) in [5, 5.41) is 0. The number of Topliss-reactive ketones (excluding diaryl/α,β-unsaturated/α-hetero) is 1. The number of ketones is 1. The summed E-state index contributed by atoms with van der Waals surface area (Å²) in [5.74, 6) is 0.250. The lowest BCUT2D eigenvalue weighted by molar-refractivity contribution is -0.0413. The molecular weight excluding hydrogens is 248 g/mol. The van der Waals surface area contributed by atoms with Crippen LogP contribution in [0.4, 0.5) is 0 Å². The summed E-state index contributed by atoms with van der Waals surface area (Å²) in [7, 11) is 0. The Bertz CT molecular complexity index is 380. The lowest BCUT2D eigenvalue weighted by atomic mass is 10.1. The van der Waals surface area contributed by atoms with E-state index in [1.54, 1.807) is 0 Å². The number of hydrogen-bond acceptors (Lipinski definition) is 4. The van der Waals surface area contributed by atoms with Crippen LogP contribution >= 0.6 is 11.3 Å². The molecule has 1 fully saturated rings. The highest BCUT2D eigenvalue weighted by atomic mass is 32.1. The molecule has 1 aromatic rings. The number of rotatable bonds is 7. The van der Waals surface area contributed by atoms with Crippen molar-refractivity contribution < 1.29 is 14.3 Å². The van der Waals surface area contributed by atoms with E-state index in [1.165, 1.54) is 24.2 Å². The number of ether oxygens (including phenoxy) is 2. The molecule has 4 heteroatoms. The quantitative estimate of drug-likeness (QED) is 0.555. The first kappa shape index (κ1) is 13.7. The fourth-order valence-electron chi connectivity index (χ4n) is 1.99. The van der Waals surface area contributed by atoms with Crippen molar-refractivity contribution in [3.63, 3.8) is 0 Å². The summed E-state index contributed by atoms with van der Waals surface area (Å²) in [6.07, 6.45) is 4.97. The van der Waals surface area contributed by atoms with Gasteiger partial charge in [-0.3, -0.25) is 4.79 Å². The van der Waals surface area contributed by atoms with Crippen LogP contribution in [0.25, 0.3) is 0 Å². The Hall–Kier alpha value is -0.710. The van der Waals surface area contributed by atoms with E-state index in [4.69, 9.17) is 9.47 Å². The zero-order chi connectivity index (χ0) is 12.8. The van der Waals surface area contributed by atoms with Crippen LogP contribution in [0.15, 0.2) is 12.1 Å². The molecule has 1 aromatic heterocycles. The maximum absolute atomic E-state index is 12.0. The third-order valence-corrected chi connectivity index (χ3v) is 4.16. The van der Waals surface area contributed by atoms with E-state index < -0.39 is 0 Å². The van der Waals surface area contributed by atoms with Crippen molar-refractivity contribution in [1.82, 2.24) is 0 Å². The standard InChI is InChI=1S/C14H20O3S/c1-2-3-4-5-6-11(15)12-7-8-13(18-12)14-16-9-10-17-14/h7-8,14H,2-6,9-10H2,1H3. The third kappa shape index (κ3) is 3.64. The first-order valence-corrected chi connectivity index (χ1v) is 7.49. The molecular formula is C14H20O3S. The Labute approximate surface area is 112 Å². The summed E-state index contributed by atoms with van der Waals surface area (Å²) in [6, 6.07) is 3.84. The van der Waals surface area contributed by atoms with E-state index in [2.05, 4.69) is 6.92 Å². The van der Waals surface area contributed by atoms with Gasteiger partial charge in [-0.15, -0.1) is 11.3 Å². The molecule has 0 unspecified atom stereocenters. The molecule has 100 valence electrons. The number of carbonyl (C=O) groups excluding carboxylic acids is 1. The van der Waals surface area contributed by atoms with Crippen molar-refractivity contribution >= 4 is 17.1 Å². The molecule has 0 aromatic carbocycles. The molecule has 2 heterocycles. The largest absolute Gasteiger partial charge is 0.345 e. The maximum atomic E-state index is 12.0. The molecule has 0 aliphatic carbocycles. The average molecular weight is 268 g/mol. The first-order valence-electron chi connectivity index (χ1n) is 6.67. The van der Waals surface area contributed by atoms with Crippen LogP contribution in [0.1, 0.15) is 59.9 Å². The normalized spacial score (nSPS) is 16.3. The minimum Gasteiger partial charge on any atom is -0.345 e. The van der Waals surface area contributed by atoms with Gasteiger partial charge in [0, 0.05) is 6.42 Å². The number of thiophene rings is 1. The summed E-state index contributed by atoms with van der Waals surface area (Å²) >= 11 is 1.50. The Morgan fingerprint density at radius 2 is 2.06 bits per heavy atom. The Kier molecular flexibility index (Phi) is 5.35. The summed E-state index contributed by atoms with van der Waals surface area (Å²) in [4.78, 5) is 13.8. The Balaban J connectivity index is 1.83. The van der Waals surface area contributed by atoms with Gasteiger partial charge in [-0.2, -0.15) is 0 Å². The highest BCUT2D eigenvalue weighted by Gasteiger charge is 2.21. The van der Waals surface area contributed by atoms with E-state index in [1.807, 2.05) is 12.1 Å². The molecule has 0 amide bonds. The second-order valence-electron chi connectivity index (χ2n) is 4.51. The highest BCUT2D eigenvalue weighted by molar-refractivity contribution is 7.14. The molecule has 1 aliphatic heterocycles. The first-order chi connectivity index (χ1) is 8.81. The maximum Gasteiger partial charge on any atom is 0.193 e. The van der Waals surface area contributed by atoms with Crippen molar-refractivity contribution in [3.05, 3.63) is 21.9 Å². The second kappa shape index (κ2) is 7.02. The van der Waals surface area contributed by atoms with Gasteiger partial charge in [-0.05, 0) is 18.6 Å². The SMILES string of the molecule is CCCCCCC(=O)c1ccc(C2OCCO2)s1. The molecule has 3 nitrogen and oxygen atoms in total. The van der Waals surface area contributed by atoms with E-state index in [0.29, 0.717) is 19.6 Å². The van der Waals surface area contributed by atoms with Gasteiger partial charge in [0.05, 0.1) is 23.0 Å². The number of unbranched alkanes of at least 4 members (excludes halogenated alkanes) is 3. The Morgan fingerprint density at radius 3 is 2.78 bits per heavy atom. The predicted molar refractivity (Wildman–Crippen MR) is 72.1 cm³/mol. The molecule has 0 spiro atoms.